The van der Waals surface area contributed by atoms with E-state index in [4.69, 9.17) is 0 Å². The number of hydrogen-bond donors (Lipinski definition) is 1. The van der Waals surface area contributed by atoms with E-state index in [1.54, 1.807) is 0 Å². The number of carbonyl (C=O) groups excluding carboxylic acids is 2. The van der Waals surface area contributed by atoms with Crippen LogP contribution < -0.4 is 0 Å². The van der Waals surface area contributed by atoms with E-state index in [2.05, 4.69) is 34.3 Å². The second-order valence-corrected chi connectivity index (χ2v) is 14.3. The van der Waals surface area contributed by atoms with E-state index >= 15 is 0 Å². The molecule has 4 nitrogen and oxygen atoms in total. The van der Waals surface area contributed by atoms with Gasteiger partial charge in [-0.2, -0.15) is 0 Å². The van der Waals surface area contributed by atoms with Crippen LogP contribution in [0.4, 0.5) is 0 Å². The lowest BCUT2D eigenvalue weighted by molar-refractivity contribution is -0.233. The lowest BCUT2D eigenvalue weighted by atomic mass is 9.32. The molecule has 4 heteroatoms. The molecule has 5 saturated carbocycles. The molecule has 1 N–H and O–H groups in total. The SMILES string of the molecule is C=C(C)[C@@H]1CC[C@]2(C(=O)O)CC[C@]3(C)[C@H](CC[C@@H]4[C@@]5(C)CC(=O)C(=O)C(C)(C)[C@@H]5CC[C@]43C)[C@@H]12. The van der Waals surface area contributed by atoms with Gasteiger partial charge in [-0.3, -0.25) is 14.4 Å². The van der Waals surface area contributed by atoms with Gasteiger partial charge >= 0.3 is 5.97 Å². The van der Waals surface area contributed by atoms with Gasteiger partial charge in [-0.25, -0.2) is 0 Å². The first-order chi connectivity index (χ1) is 15.7. The van der Waals surface area contributed by atoms with Crippen molar-refractivity contribution in [1.82, 2.24) is 0 Å². The molecule has 5 fully saturated rings. The molecule has 0 aromatic carbocycles. The lowest BCUT2D eigenvalue weighted by Crippen LogP contribution is -2.67. The van der Waals surface area contributed by atoms with Crippen molar-refractivity contribution in [3.8, 4) is 0 Å². The van der Waals surface area contributed by atoms with Crippen LogP contribution in [-0.2, 0) is 14.4 Å². The Morgan fingerprint density at radius 1 is 0.882 bits per heavy atom. The quantitative estimate of drug-likeness (QED) is 0.372. The smallest absolute Gasteiger partial charge is 0.309 e. The molecule has 0 aliphatic heterocycles. The minimum atomic E-state index is -0.604. The fraction of sp³-hybridized carbons (Fsp3) is 0.833. The molecule has 0 heterocycles. The van der Waals surface area contributed by atoms with Crippen molar-refractivity contribution in [2.75, 3.05) is 0 Å². The molecule has 188 valence electrons. The molecule has 0 unspecified atom stereocenters. The number of fused-ring (bicyclic) bond motifs is 7. The van der Waals surface area contributed by atoms with Crippen LogP contribution in [0.3, 0.4) is 0 Å². The Bertz CT molecular complexity index is 978. The molecule has 5 rings (SSSR count). The maximum absolute atomic E-state index is 13.0. The van der Waals surface area contributed by atoms with Gasteiger partial charge < -0.3 is 5.11 Å². The highest BCUT2D eigenvalue weighted by molar-refractivity contribution is 6.39. The van der Waals surface area contributed by atoms with Crippen molar-refractivity contribution in [2.45, 2.75) is 99.3 Å². The molecule has 9 atom stereocenters. The molecule has 0 saturated heterocycles. The van der Waals surface area contributed by atoms with E-state index in [-0.39, 0.29) is 39.6 Å². The molecule has 0 aromatic heterocycles. The summed E-state index contributed by atoms with van der Waals surface area (Å²) in [4.78, 5) is 38.6. The van der Waals surface area contributed by atoms with Crippen molar-refractivity contribution in [1.29, 1.82) is 0 Å². The van der Waals surface area contributed by atoms with Crippen molar-refractivity contribution in [2.24, 2.45) is 56.7 Å². The maximum Gasteiger partial charge on any atom is 0.309 e. The van der Waals surface area contributed by atoms with Crippen molar-refractivity contribution >= 4 is 17.5 Å². The molecule has 34 heavy (non-hydrogen) atoms. The van der Waals surface area contributed by atoms with Crippen LogP contribution >= 0.6 is 0 Å². The highest BCUT2D eigenvalue weighted by Crippen LogP contribution is 2.77. The second kappa shape index (κ2) is 7.07. The Hall–Kier alpha value is -1.45. The Balaban J connectivity index is 1.59. The van der Waals surface area contributed by atoms with Gasteiger partial charge in [-0.1, -0.05) is 46.8 Å². The average Bonchev–Trinajstić information content (AvgIpc) is 3.14. The Morgan fingerprint density at radius 2 is 1.56 bits per heavy atom. The number of Topliss-reactive ketones (excluding diaryl/α,β-unsaturated/α-hetero) is 2. The minimum Gasteiger partial charge on any atom is -0.481 e. The van der Waals surface area contributed by atoms with E-state index in [0.717, 1.165) is 56.9 Å². The van der Waals surface area contributed by atoms with Gasteiger partial charge in [-0.15, -0.1) is 0 Å². The summed E-state index contributed by atoms with van der Waals surface area (Å²) >= 11 is 0. The van der Waals surface area contributed by atoms with Crippen molar-refractivity contribution in [3.05, 3.63) is 12.2 Å². The molecule has 5 aliphatic carbocycles. The van der Waals surface area contributed by atoms with Crippen LogP contribution in [0.15, 0.2) is 12.2 Å². The summed E-state index contributed by atoms with van der Waals surface area (Å²) in [5.41, 5.74) is -0.123. The molecule has 0 spiro atoms. The second-order valence-electron chi connectivity index (χ2n) is 14.3. The third-order valence-electron chi connectivity index (χ3n) is 13.0. The summed E-state index contributed by atoms with van der Waals surface area (Å²) in [6, 6.07) is 0. The van der Waals surface area contributed by atoms with Gasteiger partial charge in [0.1, 0.15) is 0 Å². The molecule has 0 amide bonds. The van der Waals surface area contributed by atoms with E-state index in [9.17, 15) is 19.5 Å². The first-order valence-electron chi connectivity index (χ1n) is 13.6. The third kappa shape index (κ3) is 2.64. The highest BCUT2D eigenvalue weighted by Gasteiger charge is 2.72. The average molecular weight is 469 g/mol. The first kappa shape index (κ1) is 24.3. The summed E-state index contributed by atoms with van der Waals surface area (Å²) in [7, 11) is 0. The number of hydrogen-bond acceptors (Lipinski definition) is 3. The van der Waals surface area contributed by atoms with E-state index in [1.807, 2.05) is 13.8 Å². The first-order valence-corrected chi connectivity index (χ1v) is 13.6. The number of carboxylic acid groups (broad SMARTS) is 1. The maximum atomic E-state index is 13.0. The topological polar surface area (TPSA) is 71.4 Å². The van der Waals surface area contributed by atoms with E-state index in [0.29, 0.717) is 24.2 Å². The number of rotatable bonds is 2. The van der Waals surface area contributed by atoms with Gasteiger partial charge in [0.2, 0.25) is 5.78 Å². The van der Waals surface area contributed by atoms with Crippen LogP contribution in [0.25, 0.3) is 0 Å². The minimum absolute atomic E-state index is 0.0419. The Kier molecular flexibility index (Phi) is 5.04. The molecule has 0 aromatic rings. The summed E-state index contributed by atoms with van der Waals surface area (Å²) in [6.07, 6.45) is 7.95. The van der Waals surface area contributed by atoms with Crippen molar-refractivity contribution in [3.63, 3.8) is 0 Å². The van der Waals surface area contributed by atoms with Crippen LogP contribution in [0.2, 0.25) is 0 Å². The van der Waals surface area contributed by atoms with Crippen LogP contribution in [0.5, 0.6) is 0 Å². The monoisotopic (exact) mass is 468 g/mol. The summed E-state index contributed by atoms with van der Waals surface area (Å²) in [5, 5.41) is 10.5. The van der Waals surface area contributed by atoms with Gasteiger partial charge in [0, 0.05) is 11.8 Å². The van der Waals surface area contributed by atoms with Crippen LogP contribution in [-0.4, -0.2) is 22.6 Å². The third-order valence-corrected chi connectivity index (χ3v) is 13.0. The zero-order chi connectivity index (χ0) is 25.1. The number of carboxylic acids is 1. The van der Waals surface area contributed by atoms with Gasteiger partial charge in [0.15, 0.2) is 5.78 Å². The van der Waals surface area contributed by atoms with Crippen molar-refractivity contribution < 1.29 is 19.5 Å². The number of aliphatic carboxylic acids is 1. The molecule has 0 bridgehead atoms. The summed E-state index contributed by atoms with van der Waals surface area (Å²) in [6.45, 7) is 17.7. The van der Waals surface area contributed by atoms with Crippen LogP contribution in [0, 0.1) is 56.7 Å². The van der Waals surface area contributed by atoms with Gasteiger partial charge in [0.05, 0.1) is 5.41 Å². The number of ketones is 2. The van der Waals surface area contributed by atoms with Crippen LogP contribution in [0.1, 0.15) is 99.3 Å². The molecular weight excluding hydrogens is 424 g/mol. The standard InChI is InChI=1S/C30H44O4/c1-17(2)18-10-13-30(25(33)34)15-14-28(6)19(23(18)30)8-9-22-27(5)16-20(31)24(32)26(3,4)21(27)11-12-29(22,28)7/h18-19,21-23H,1,8-16H2,2-7H3,(H,33,34)/t18-,19+,21-,22+,23+,27-,28+,29+,30-/m0/s1. The highest BCUT2D eigenvalue weighted by atomic mass is 16.4. The lowest BCUT2D eigenvalue weighted by Gasteiger charge is -2.71. The van der Waals surface area contributed by atoms with E-state index in [1.165, 1.54) is 0 Å². The normalized spacial score (nSPS) is 51.6. The predicted octanol–water partition coefficient (Wildman–Crippen LogP) is 6.48. The molecule has 0 radical (unpaired) electrons. The zero-order valence-corrected chi connectivity index (χ0v) is 22.1. The van der Waals surface area contributed by atoms with Gasteiger partial charge in [-0.05, 0) is 104 Å². The van der Waals surface area contributed by atoms with Gasteiger partial charge in [0.25, 0.3) is 0 Å². The summed E-state index contributed by atoms with van der Waals surface area (Å²) in [5.74, 6) is 0.514. The van der Waals surface area contributed by atoms with E-state index < -0.39 is 16.8 Å². The number of allylic oxidation sites excluding steroid dienone is 1. The fourth-order valence-corrected chi connectivity index (χ4v) is 11.3. The fourth-order valence-electron chi connectivity index (χ4n) is 11.3. The Morgan fingerprint density at radius 3 is 2.18 bits per heavy atom. The zero-order valence-electron chi connectivity index (χ0n) is 22.1. The largest absolute Gasteiger partial charge is 0.481 e. The Labute approximate surface area is 205 Å². The predicted molar refractivity (Wildman–Crippen MR) is 132 cm³/mol. The molecular formula is C30H44O4. The molecule has 5 aliphatic rings. The summed E-state index contributed by atoms with van der Waals surface area (Å²) < 4.78 is 0. The number of carbonyl (C=O) groups is 3.